The van der Waals surface area contributed by atoms with Crippen molar-refractivity contribution in [2.24, 2.45) is 0 Å². The lowest BCUT2D eigenvalue weighted by molar-refractivity contribution is 1.59. The molecule has 64 valence electrons. The summed E-state index contributed by atoms with van der Waals surface area (Å²) in [7, 11) is 0. The minimum absolute atomic E-state index is 0.741. The van der Waals surface area contributed by atoms with E-state index < -0.39 is 0 Å². The van der Waals surface area contributed by atoms with Gasteiger partial charge in [-0.25, -0.2) is 0 Å². The van der Waals surface area contributed by atoms with E-state index in [1.54, 1.807) is 0 Å². The maximum absolute atomic E-state index is 5.78. The molecular formula is C9H8BrClS. The number of thiol groups is 1. The van der Waals surface area contributed by atoms with Crippen LogP contribution in [-0.4, -0.2) is 5.75 Å². The van der Waals surface area contributed by atoms with E-state index in [1.165, 1.54) is 0 Å². The normalized spacial score (nSPS) is 10.9. The summed E-state index contributed by atoms with van der Waals surface area (Å²) in [5, 5.41) is 0.741. The Morgan fingerprint density at radius 1 is 1.50 bits per heavy atom. The Morgan fingerprint density at radius 2 is 2.25 bits per heavy atom. The van der Waals surface area contributed by atoms with Crippen LogP contribution in [0.25, 0.3) is 6.08 Å². The third-order valence-corrected chi connectivity index (χ3v) is 2.50. The summed E-state index contributed by atoms with van der Waals surface area (Å²) in [5.41, 5.74) is 1.12. The maximum Gasteiger partial charge on any atom is 0.0417 e. The van der Waals surface area contributed by atoms with Gasteiger partial charge in [-0.2, -0.15) is 12.6 Å². The van der Waals surface area contributed by atoms with E-state index in [9.17, 15) is 0 Å². The van der Waals surface area contributed by atoms with Crippen molar-refractivity contribution in [2.75, 3.05) is 5.75 Å². The molecule has 1 rings (SSSR count). The number of halogens is 2. The average molecular weight is 264 g/mol. The fourth-order valence-electron chi connectivity index (χ4n) is 0.816. The predicted molar refractivity (Wildman–Crippen MR) is 62.0 cm³/mol. The van der Waals surface area contributed by atoms with Gasteiger partial charge in [-0.3, -0.25) is 0 Å². The molecule has 0 amide bonds. The first-order valence-corrected chi connectivity index (χ1v) is 5.27. The van der Waals surface area contributed by atoms with Crippen molar-refractivity contribution >= 4 is 46.2 Å². The summed E-state index contributed by atoms with van der Waals surface area (Å²) in [4.78, 5) is 0. The highest BCUT2D eigenvalue weighted by atomic mass is 79.9. The van der Waals surface area contributed by atoms with Gasteiger partial charge < -0.3 is 0 Å². The number of rotatable bonds is 2. The molecule has 0 spiro atoms. The molecule has 3 heteroatoms. The molecule has 0 saturated carbocycles. The van der Waals surface area contributed by atoms with Gasteiger partial charge in [0.15, 0.2) is 0 Å². The van der Waals surface area contributed by atoms with Crippen LogP contribution in [0.1, 0.15) is 5.56 Å². The van der Waals surface area contributed by atoms with Crippen LogP contribution in [0.5, 0.6) is 0 Å². The van der Waals surface area contributed by atoms with E-state index in [-0.39, 0.29) is 0 Å². The van der Waals surface area contributed by atoms with Crippen molar-refractivity contribution in [3.8, 4) is 0 Å². The van der Waals surface area contributed by atoms with Crippen LogP contribution in [0, 0.1) is 0 Å². The third-order valence-electron chi connectivity index (χ3n) is 1.37. The van der Waals surface area contributed by atoms with Crippen LogP contribution < -0.4 is 0 Å². The lowest BCUT2D eigenvalue weighted by atomic mass is 10.2. The fraction of sp³-hybridized carbons (Fsp3) is 0.111. The minimum Gasteiger partial charge on any atom is -0.175 e. The summed E-state index contributed by atoms with van der Waals surface area (Å²) < 4.78 is 1.01. The first-order chi connectivity index (χ1) is 5.74. The van der Waals surface area contributed by atoms with E-state index >= 15 is 0 Å². The molecule has 0 nitrogen and oxygen atoms in total. The third kappa shape index (κ3) is 2.85. The molecule has 0 aliphatic carbocycles. The molecule has 0 atom stereocenters. The van der Waals surface area contributed by atoms with Crippen LogP contribution >= 0.6 is 40.2 Å². The van der Waals surface area contributed by atoms with Crippen molar-refractivity contribution in [3.05, 3.63) is 39.3 Å². The lowest BCUT2D eigenvalue weighted by Gasteiger charge is -1.97. The SMILES string of the molecule is SCC=Cc1ccc(Cl)cc1Br. The molecule has 0 aliphatic heterocycles. The van der Waals surface area contributed by atoms with Gasteiger partial charge >= 0.3 is 0 Å². The predicted octanol–water partition coefficient (Wildman–Crippen LogP) is 4.05. The molecule has 0 unspecified atom stereocenters. The molecule has 0 aromatic heterocycles. The van der Waals surface area contributed by atoms with E-state index in [0.717, 1.165) is 20.8 Å². The summed E-state index contributed by atoms with van der Waals surface area (Å²) in [6.45, 7) is 0. The summed E-state index contributed by atoms with van der Waals surface area (Å²) in [6.07, 6.45) is 3.99. The number of hydrogen-bond donors (Lipinski definition) is 1. The molecule has 0 fully saturated rings. The van der Waals surface area contributed by atoms with Crippen molar-refractivity contribution in [1.29, 1.82) is 0 Å². The van der Waals surface area contributed by atoms with Gasteiger partial charge in [-0.15, -0.1) is 0 Å². The van der Waals surface area contributed by atoms with E-state index in [2.05, 4.69) is 28.6 Å². The van der Waals surface area contributed by atoms with Gasteiger partial charge in [0, 0.05) is 15.2 Å². The second-order valence-corrected chi connectivity index (χ2v) is 3.91. The zero-order valence-corrected chi connectivity index (χ0v) is 9.53. The van der Waals surface area contributed by atoms with Crippen molar-refractivity contribution < 1.29 is 0 Å². The summed E-state index contributed by atoms with van der Waals surface area (Å²) in [5.74, 6) is 0.745. The molecule has 12 heavy (non-hydrogen) atoms. The molecule has 0 radical (unpaired) electrons. The number of hydrogen-bond acceptors (Lipinski definition) is 1. The van der Waals surface area contributed by atoms with Crippen LogP contribution in [-0.2, 0) is 0 Å². The smallest absolute Gasteiger partial charge is 0.0417 e. The molecule has 0 aliphatic rings. The second-order valence-electron chi connectivity index (χ2n) is 2.25. The standard InChI is InChI=1S/C9H8BrClS/c10-9-6-8(11)4-3-7(9)2-1-5-12/h1-4,6,12H,5H2. The van der Waals surface area contributed by atoms with E-state index in [4.69, 9.17) is 11.6 Å². The number of benzene rings is 1. The highest BCUT2D eigenvalue weighted by molar-refractivity contribution is 9.10. The summed E-state index contributed by atoms with van der Waals surface area (Å²) >= 11 is 13.3. The Morgan fingerprint density at radius 3 is 2.83 bits per heavy atom. The van der Waals surface area contributed by atoms with Gasteiger partial charge in [0.05, 0.1) is 0 Å². The summed E-state index contributed by atoms with van der Waals surface area (Å²) in [6, 6.07) is 5.70. The van der Waals surface area contributed by atoms with Crippen LogP contribution in [0.2, 0.25) is 5.02 Å². The molecule has 0 saturated heterocycles. The van der Waals surface area contributed by atoms with E-state index in [1.807, 2.05) is 30.4 Å². The quantitative estimate of drug-likeness (QED) is 0.765. The largest absolute Gasteiger partial charge is 0.175 e. The van der Waals surface area contributed by atoms with Crippen LogP contribution in [0.3, 0.4) is 0 Å². The minimum atomic E-state index is 0.741. The highest BCUT2D eigenvalue weighted by Crippen LogP contribution is 2.22. The van der Waals surface area contributed by atoms with E-state index in [0.29, 0.717) is 0 Å². The molecular weight excluding hydrogens is 256 g/mol. The molecule has 0 heterocycles. The molecule has 1 aromatic rings. The second kappa shape index (κ2) is 4.95. The maximum atomic E-state index is 5.78. The first kappa shape index (κ1) is 10.2. The fourth-order valence-corrected chi connectivity index (χ4v) is 1.74. The molecule has 0 bridgehead atoms. The average Bonchev–Trinajstić information content (AvgIpc) is 2.03. The van der Waals surface area contributed by atoms with Crippen molar-refractivity contribution in [3.63, 3.8) is 0 Å². The van der Waals surface area contributed by atoms with Gasteiger partial charge in [0.25, 0.3) is 0 Å². The Bertz CT molecular complexity index is 297. The lowest BCUT2D eigenvalue weighted by Crippen LogP contribution is -1.75. The first-order valence-electron chi connectivity index (χ1n) is 3.46. The zero-order chi connectivity index (χ0) is 8.97. The highest BCUT2D eigenvalue weighted by Gasteiger charge is 1.95. The van der Waals surface area contributed by atoms with Gasteiger partial charge in [0.1, 0.15) is 0 Å². The van der Waals surface area contributed by atoms with Gasteiger partial charge in [-0.05, 0) is 17.7 Å². The Balaban J connectivity index is 2.94. The Labute approximate surface area is 91.2 Å². The Kier molecular flexibility index (Phi) is 4.19. The molecule has 1 aromatic carbocycles. The molecule has 0 N–H and O–H groups in total. The van der Waals surface area contributed by atoms with Crippen molar-refractivity contribution in [1.82, 2.24) is 0 Å². The topological polar surface area (TPSA) is 0 Å². The van der Waals surface area contributed by atoms with Crippen LogP contribution in [0.4, 0.5) is 0 Å². The monoisotopic (exact) mass is 262 g/mol. The van der Waals surface area contributed by atoms with Gasteiger partial charge in [0.2, 0.25) is 0 Å². The van der Waals surface area contributed by atoms with Gasteiger partial charge in [-0.1, -0.05) is 45.7 Å². The zero-order valence-electron chi connectivity index (χ0n) is 6.30. The van der Waals surface area contributed by atoms with Crippen molar-refractivity contribution in [2.45, 2.75) is 0 Å². The Hall–Kier alpha value is 0.0800. The van der Waals surface area contributed by atoms with Crippen LogP contribution in [0.15, 0.2) is 28.7 Å².